The molecule has 0 bridgehead atoms. The first-order valence-electron chi connectivity index (χ1n) is 7.33. The molecule has 1 saturated heterocycles. The zero-order valence-corrected chi connectivity index (χ0v) is 12.0. The highest BCUT2D eigenvalue weighted by Crippen LogP contribution is 2.22. The van der Waals surface area contributed by atoms with Crippen molar-refractivity contribution in [3.63, 3.8) is 0 Å². The molecule has 1 aromatic carbocycles. The summed E-state index contributed by atoms with van der Waals surface area (Å²) in [4.78, 5) is 14.3. The van der Waals surface area contributed by atoms with Gasteiger partial charge in [-0.15, -0.1) is 0 Å². The Bertz CT molecular complexity index is 421. The van der Waals surface area contributed by atoms with Crippen LogP contribution in [0.1, 0.15) is 31.7 Å². The van der Waals surface area contributed by atoms with Crippen molar-refractivity contribution in [2.75, 3.05) is 13.2 Å². The molecule has 0 radical (unpaired) electrons. The first kappa shape index (κ1) is 15.0. The molecule has 2 rings (SSSR count). The van der Waals surface area contributed by atoms with Crippen LogP contribution in [0.3, 0.4) is 0 Å². The van der Waals surface area contributed by atoms with Gasteiger partial charge in [0.1, 0.15) is 12.6 Å². The fourth-order valence-electron chi connectivity index (χ4n) is 2.83. The predicted octanol–water partition coefficient (Wildman–Crippen LogP) is 1.97. The highest BCUT2D eigenvalue weighted by Gasteiger charge is 2.34. The number of aliphatic hydroxyl groups excluding tert-OH is 1. The molecule has 20 heavy (non-hydrogen) atoms. The largest absolute Gasteiger partial charge is 0.460 e. The fourth-order valence-corrected chi connectivity index (χ4v) is 2.83. The quantitative estimate of drug-likeness (QED) is 0.808. The minimum Gasteiger partial charge on any atom is -0.460 e. The van der Waals surface area contributed by atoms with Crippen LogP contribution in [0.25, 0.3) is 0 Å². The summed E-state index contributed by atoms with van der Waals surface area (Å²) in [6, 6.07) is 9.56. The van der Waals surface area contributed by atoms with E-state index in [2.05, 4.69) is 4.90 Å². The van der Waals surface area contributed by atoms with Crippen molar-refractivity contribution >= 4 is 5.97 Å². The number of esters is 1. The smallest absolute Gasteiger partial charge is 0.323 e. The van der Waals surface area contributed by atoms with Gasteiger partial charge >= 0.3 is 5.97 Å². The van der Waals surface area contributed by atoms with Crippen molar-refractivity contribution in [1.29, 1.82) is 0 Å². The average Bonchev–Trinajstić information content (AvgIpc) is 2.95. The van der Waals surface area contributed by atoms with Gasteiger partial charge in [0.2, 0.25) is 0 Å². The van der Waals surface area contributed by atoms with Gasteiger partial charge in [0, 0.05) is 6.04 Å². The molecular formula is C16H23NO3. The molecule has 2 atom stereocenters. The van der Waals surface area contributed by atoms with Crippen molar-refractivity contribution in [2.45, 2.75) is 44.9 Å². The van der Waals surface area contributed by atoms with E-state index < -0.39 is 0 Å². The topological polar surface area (TPSA) is 49.8 Å². The van der Waals surface area contributed by atoms with Crippen LogP contribution in [0, 0.1) is 0 Å². The van der Waals surface area contributed by atoms with Gasteiger partial charge in [-0.05, 0) is 31.4 Å². The van der Waals surface area contributed by atoms with E-state index in [4.69, 9.17) is 4.74 Å². The van der Waals surface area contributed by atoms with Gasteiger partial charge in [0.25, 0.3) is 0 Å². The van der Waals surface area contributed by atoms with Gasteiger partial charge in [-0.25, -0.2) is 0 Å². The number of rotatable bonds is 6. The summed E-state index contributed by atoms with van der Waals surface area (Å²) in [6.07, 6.45) is 2.71. The lowest BCUT2D eigenvalue weighted by Crippen LogP contribution is -2.45. The molecule has 1 N–H and O–H groups in total. The van der Waals surface area contributed by atoms with E-state index in [1.54, 1.807) is 0 Å². The van der Waals surface area contributed by atoms with Crippen molar-refractivity contribution < 1.29 is 14.6 Å². The van der Waals surface area contributed by atoms with E-state index in [1.165, 1.54) is 0 Å². The van der Waals surface area contributed by atoms with E-state index in [1.807, 2.05) is 37.3 Å². The summed E-state index contributed by atoms with van der Waals surface area (Å²) >= 11 is 0. The standard InChI is InChI=1S/C16H23NO3/c1-2-15(17-10-6-9-14(17)11-18)16(19)20-12-13-7-4-3-5-8-13/h3-5,7-8,14-15,18H,2,6,9-12H2,1H3. The number of benzene rings is 1. The highest BCUT2D eigenvalue weighted by atomic mass is 16.5. The summed E-state index contributed by atoms with van der Waals surface area (Å²) in [5.74, 6) is -0.184. The third kappa shape index (κ3) is 3.58. The van der Waals surface area contributed by atoms with E-state index in [0.717, 1.165) is 24.9 Å². The lowest BCUT2D eigenvalue weighted by atomic mass is 10.1. The normalized spacial score (nSPS) is 20.8. The number of hydrogen-bond donors (Lipinski definition) is 1. The van der Waals surface area contributed by atoms with Gasteiger partial charge in [0.15, 0.2) is 0 Å². The number of carbonyl (C=O) groups excluding carboxylic acids is 1. The molecule has 1 aromatic rings. The molecule has 1 aliphatic heterocycles. The summed E-state index contributed by atoms with van der Waals surface area (Å²) in [5, 5.41) is 9.38. The lowest BCUT2D eigenvalue weighted by Gasteiger charge is -2.29. The zero-order valence-electron chi connectivity index (χ0n) is 12.0. The molecule has 2 unspecified atom stereocenters. The van der Waals surface area contributed by atoms with Crippen LogP contribution in [-0.2, 0) is 16.1 Å². The molecule has 1 fully saturated rings. The second kappa shape index (κ2) is 7.41. The highest BCUT2D eigenvalue weighted by molar-refractivity contribution is 5.75. The van der Waals surface area contributed by atoms with Crippen molar-refractivity contribution in [2.24, 2.45) is 0 Å². The number of likely N-dealkylation sites (tertiary alicyclic amines) is 1. The second-order valence-corrected chi connectivity index (χ2v) is 5.23. The molecule has 4 heteroatoms. The van der Waals surface area contributed by atoms with Crippen LogP contribution >= 0.6 is 0 Å². The maximum Gasteiger partial charge on any atom is 0.323 e. The Morgan fingerprint density at radius 3 is 2.85 bits per heavy atom. The predicted molar refractivity (Wildman–Crippen MR) is 77.1 cm³/mol. The molecule has 0 aliphatic carbocycles. The SMILES string of the molecule is CCC(C(=O)OCc1ccccc1)N1CCCC1CO. The van der Waals surface area contributed by atoms with Crippen LogP contribution in [0.2, 0.25) is 0 Å². The molecule has 4 nitrogen and oxygen atoms in total. The molecule has 0 spiro atoms. The first-order chi connectivity index (χ1) is 9.76. The Morgan fingerprint density at radius 1 is 1.45 bits per heavy atom. The van der Waals surface area contributed by atoms with E-state index in [-0.39, 0.29) is 24.7 Å². The number of ether oxygens (including phenoxy) is 1. The molecule has 1 aliphatic rings. The van der Waals surface area contributed by atoms with Crippen LogP contribution in [-0.4, -0.2) is 41.2 Å². The average molecular weight is 277 g/mol. The maximum absolute atomic E-state index is 12.3. The second-order valence-electron chi connectivity index (χ2n) is 5.23. The van der Waals surface area contributed by atoms with E-state index in [9.17, 15) is 9.90 Å². The third-order valence-electron chi connectivity index (χ3n) is 3.92. The Labute approximate surface area is 120 Å². The maximum atomic E-state index is 12.3. The first-order valence-corrected chi connectivity index (χ1v) is 7.33. The molecule has 110 valence electrons. The Balaban J connectivity index is 1.92. The van der Waals surface area contributed by atoms with E-state index >= 15 is 0 Å². The van der Waals surface area contributed by atoms with Gasteiger partial charge in [-0.2, -0.15) is 0 Å². The van der Waals surface area contributed by atoms with Gasteiger partial charge in [-0.1, -0.05) is 37.3 Å². The number of nitrogens with zero attached hydrogens (tertiary/aromatic N) is 1. The summed E-state index contributed by atoms with van der Waals surface area (Å²) < 4.78 is 5.42. The van der Waals surface area contributed by atoms with E-state index in [0.29, 0.717) is 13.0 Å². The van der Waals surface area contributed by atoms with Crippen LogP contribution < -0.4 is 0 Å². The molecule has 0 aromatic heterocycles. The molecule has 0 saturated carbocycles. The summed E-state index contributed by atoms with van der Waals surface area (Å²) in [5.41, 5.74) is 0.996. The van der Waals surface area contributed by atoms with Crippen molar-refractivity contribution in [3.05, 3.63) is 35.9 Å². The van der Waals surface area contributed by atoms with Crippen LogP contribution in [0.5, 0.6) is 0 Å². The fraction of sp³-hybridized carbons (Fsp3) is 0.562. The van der Waals surface area contributed by atoms with Crippen LogP contribution in [0.4, 0.5) is 0 Å². The number of carbonyl (C=O) groups is 1. The lowest BCUT2D eigenvalue weighted by molar-refractivity contribution is -0.152. The zero-order chi connectivity index (χ0) is 14.4. The Morgan fingerprint density at radius 2 is 2.20 bits per heavy atom. The Hall–Kier alpha value is -1.39. The van der Waals surface area contributed by atoms with Crippen molar-refractivity contribution in [1.82, 2.24) is 4.90 Å². The van der Waals surface area contributed by atoms with Gasteiger partial charge in [-0.3, -0.25) is 9.69 Å². The minimum atomic E-state index is -0.238. The van der Waals surface area contributed by atoms with Crippen LogP contribution in [0.15, 0.2) is 30.3 Å². The number of aliphatic hydroxyl groups is 1. The third-order valence-corrected chi connectivity index (χ3v) is 3.92. The number of hydrogen-bond acceptors (Lipinski definition) is 4. The molecule has 1 heterocycles. The monoisotopic (exact) mass is 277 g/mol. The molecule has 0 amide bonds. The van der Waals surface area contributed by atoms with Gasteiger partial charge < -0.3 is 9.84 Å². The summed E-state index contributed by atoms with van der Waals surface area (Å²) in [7, 11) is 0. The van der Waals surface area contributed by atoms with Crippen molar-refractivity contribution in [3.8, 4) is 0 Å². The molecular weight excluding hydrogens is 254 g/mol. The Kier molecular flexibility index (Phi) is 5.56. The van der Waals surface area contributed by atoms with Gasteiger partial charge in [0.05, 0.1) is 6.61 Å². The minimum absolute atomic E-state index is 0.101. The summed E-state index contributed by atoms with van der Waals surface area (Å²) in [6.45, 7) is 3.28.